The highest BCUT2D eigenvalue weighted by molar-refractivity contribution is 5.94. The number of morpholine rings is 1. The van der Waals surface area contributed by atoms with Crippen LogP contribution in [0, 0.1) is 5.82 Å². The molecule has 0 aromatic heterocycles. The van der Waals surface area contributed by atoms with E-state index in [-0.39, 0.29) is 4.90 Å². The zero-order chi connectivity index (χ0) is 25.8. The summed E-state index contributed by atoms with van der Waals surface area (Å²) in [4.78, 5) is 24.2. The number of anilines is 2. The monoisotopic (exact) mass is 362 g/mol. The summed E-state index contributed by atoms with van der Waals surface area (Å²) >= 11 is 0. The molecular weight excluding hydrogens is 331 g/mol. The van der Waals surface area contributed by atoms with E-state index in [1.165, 1.54) is 20.8 Å². The number of hydrogen-bond donors (Lipinski definition) is 1. The second kappa shape index (κ2) is 7.69. The first-order valence-electron chi connectivity index (χ1n) is 11.1. The normalized spacial score (nSPS) is 27.6. The molecule has 138 valence electrons. The van der Waals surface area contributed by atoms with Crippen molar-refractivity contribution in [1.82, 2.24) is 0 Å². The van der Waals surface area contributed by atoms with Crippen LogP contribution in [0.4, 0.5) is 20.6 Å². The number of methoxy groups -OCH3 is 1. The number of nitrogens with one attached hydrogen (secondary N) is 1. The van der Waals surface area contributed by atoms with Crippen LogP contribution in [0.25, 0.3) is 0 Å². The lowest BCUT2D eigenvalue weighted by Crippen LogP contribution is -2.37. The minimum atomic E-state index is -3.49. The third kappa shape index (κ3) is 5.06. The van der Waals surface area contributed by atoms with E-state index in [4.69, 9.17) is 15.7 Å². The summed E-state index contributed by atoms with van der Waals surface area (Å²) in [5.41, 5.74) is -3.29. The quantitative estimate of drug-likeness (QED) is 0.833. The summed E-state index contributed by atoms with van der Waals surface area (Å²) < 4.78 is 92.9. The minimum Gasteiger partial charge on any atom is -0.465 e. The van der Waals surface area contributed by atoms with Gasteiger partial charge in [0.1, 0.15) is 5.60 Å². The largest absolute Gasteiger partial charge is 0.465 e. The molecule has 1 heterocycles. The van der Waals surface area contributed by atoms with Crippen molar-refractivity contribution >= 4 is 23.4 Å². The molecule has 1 aromatic rings. The smallest absolute Gasteiger partial charge is 0.412 e. The molecule has 0 radical (unpaired) electrons. The Morgan fingerprint density at radius 3 is 2.52 bits per heavy atom. The lowest BCUT2D eigenvalue weighted by Gasteiger charge is -2.30. The first-order chi connectivity index (χ1) is 14.7. The molecule has 7 nitrogen and oxygen atoms in total. The SMILES string of the molecule is [2H]C1([2H])OC([2H])([2H])C([2H])([2H])N(c2cc(C(=O)OC)cc(NC(=O)OC(C)(C)C)c2F)C1([2H])[2H]. The Kier molecular flexibility index (Phi) is 3.26. The van der Waals surface area contributed by atoms with Gasteiger partial charge in [-0.05, 0) is 32.9 Å². The van der Waals surface area contributed by atoms with Crippen LogP contribution in [0.3, 0.4) is 0 Å². The summed E-state index contributed by atoms with van der Waals surface area (Å²) in [6.45, 7) is -9.31. The molecule has 8 heteroatoms. The lowest BCUT2D eigenvalue weighted by atomic mass is 10.1. The number of amides is 1. The van der Waals surface area contributed by atoms with E-state index in [0.717, 1.165) is 13.2 Å². The lowest BCUT2D eigenvalue weighted by molar-refractivity contribution is 0.0596. The van der Waals surface area contributed by atoms with Gasteiger partial charge in [0.15, 0.2) is 5.82 Å². The number of rotatable bonds is 3. The van der Waals surface area contributed by atoms with Crippen LogP contribution in [0.2, 0.25) is 0 Å². The predicted molar refractivity (Wildman–Crippen MR) is 90.6 cm³/mol. The highest BCUT2D eigenvalue weighted by Crippen LogP contribution is 2.29. The number of hydrogen-bond acceptors (Lipinski definition) is 6. The molecule has 1 aliphatic rings. The van der Waals surface area contributed by atoms with E-state index in [1.54, 1.807) is 0 Å². The van der Waals surface area contributed by atoms with Crippen LogP contribution in [0.15, 0.2) is 12.1 Å². The van der Waals surface area contributed by atoms with E-state index < -0.39 is 66.5 Å². The Morgan fingerprint density at radius 2 is 1.96 bits per heavy atom. The number of carbonyl (C=O) groups is 2. The molecule has 1 N–H and O–H groups in total. The molecule has 1 aliphatic heterocycles. The van der Waals surface area contributed by atoms with Gasteiger partial charge in [-0.2, -0.15) is 0 Å². The van der Waals surface area contributed by atoms with Gasteiger partial charge in [-0.3, -0.25) is 5.32 Å². The molecule has 1 aromatic carbocycles. The number of halogens is 1. The van der Waals surface area contributed by atoms with E-state index in [9.17, 15) is 9.59 Å². The molecule has 0 spiro atoms. The molecule has 0 saturated carbocycles. The average molecular weight is 362 g/mol. The Balaban J connectivity index is 2.78. The van der Waals surface area contributed by atoms with Gasteiger partial charge >= 0.3 is 12.1 Å². The fraction of sp³-hybridized carbons (Fsp3) is 0.529. The third-order valence-corrected chi connectivity index (χ3v) is 2.77. The number of esters is 1. The first kappa shape index (κ1) is 10.6. The summed E-state index contributed by atoms with van der Waals surface area (Å²) in [5, 5.41) is 2.03. The summed E-state index contributed by atoms with van der Waals surface area (Å²) in [6, 6.07) is 1.47. The van der Waals surface area contributed by atoms with Crippen LogP contribution in [-0.4, -0.2) is 50.9 Å². The molecule has 1 amide bonds. The van der Waals surface area contributed by atoms with Crippen molar-refractivity contribution in [1.29, 1.82) is 0 Å². The maximum Gasteiger partial charge on any atom is 0.412 e. The molecule has 1 saturated heterocycles. The molecule has 1 fully saturated rings. The Bertz CT molecular complexity index is 941. The highest BCUT2D eigenvalue weighted by Gasteiger charge is 2.23. The van der Waals surface area contributed by atoms with Gasteiger partial charge in [0, 0.05) is 13.0 Å². The van der Waals surface area contributed by atoms with Crippen LogP contribution in [-0.2, 0) is 14.2 Å². The number of carbonyl (C=O) groups excluding carboxylic acids is 2. The van der Waals surface area contributed by atoms with Crippen molar-refractivity contribution in [3.8, 4) is 0 Å². The van der Waals surface area contributed by atoms with Crippen molar-refractivity contribution in [2.24, 2.45) is 0 Å². The molecule has 0 unspecified atom stereocenters. The Hall–Kier alpha value is -2.35. The van der Waals surface area contributed by atoms with Crippen molar-refractivity contribution in [2.45, 2.75) is 26.4 Å². The maximum absolute atomic E-state index is 15.5. The topological polar surface area (TPSA) is 77.1 Å². The van der Waals surface area contributed by atoms with Crippen molar-refractivity contribution in [2.75, 3.05) is 43.4 Å². The summed E-state index contributed by atoms with van der Waals surface area (Å²) in [6.07, 6.45) is -1.16. The van der Waals surface area contributed by atoms with Crippen molar-refractivity contribution < 1.29 is 39.2 Å². The molecule has 0 atom stereocenters. The van der Waals surface area contributed by atoms with Crippen molar-refractivity contribution in [3.05, 3.63) is 23.5 Å². The van der Waals surface area contributed by atoms with Gasteiger partial charge in [-0.1, -0.05) is 0 Å². The van der Waals surface area contributed by atoms with Crippen molar-refractivity contribution in [3.63, 3.8) is 0 Å². The van der Waals surface area contributed by atoms with E-state index in [0.29, 0.717) is 6.07 Å². The van der Waals surface area contributed by atoms with Gasteiger partial charge in [-0.15, -0.1) is 0 Å². The van der Waals surface area contributed by atoms with Crippen LogP contribution < -0.4 is 10.2 Å². The molecule has 25 heavy (non-hydrogen) atoms. The van der Waals surface area contributed by atoms with Gasteiger partial charge in [0.2, 0.25) is 0 Å². The van der Waals surface area contributed by atoms with Gasteiger partial charge < -0.3 is 19.1 Å². The minimum absolute atomic E-state index is 0.147. The van der Waals surface area contributed by atoms with Crippen LogP contribution >= 0.6 is 0 Å². The first-order valence-corrected chi connectivity index (χ1v) is 7.10. The zero-order valence-electron chi connectivity index (χ0n) is 22.0. The number of nitrogens with zero attached hydrogens (tertiary/aromatic N) is 1. The molecule has 0 aliphatic carbocycles. The van der Waals surface area contributed by atoms with Gasteiger partial charge in [-0.25, -0.2) is 14.0 Å². The van der Waals surface area contributed by atoms with Crippen LogP contribution in [0.1, 0.15) is 42.1 Å². The highest BCUT2D eigenvalue weighted by atomic mass is 19.1. The average Bonchev–Trinajstić information content (AvgIpc) is 2.60. The van der Waals surface area contributed by atoms with E-state index >= 15 is 4.39 Å². The fourth-order valence-corrected chi connectivity index (χ4v) is 1.82. The van der Waals surface area contributed by atoms with E-state index in [1.807, 2.05) is 5.32 Å². The summed E-state index contributed by atoms with van der Waals surface area (Å²) in [5.74, 6) is -2.57. The maximum atomic E-state index is 15.5. The van der Waals surface area contributed by atoms with E-state index in [2.05, 4.69) is 9.47 Å². The molecule has 0 bridgehead atoms. The predicted octanol–water partition coefficient (Wildman–Crippen LogP) is 2.80. The second-order valence-electron chi connectivity index (χ2n) is 5.84. The van der Waals surface area contributed by atoms with Crippen LogP contribution in [0.5, 0.6) is 0 Å². The second-order valence-corrected chi connectivity index (χ2v) is 5.84. The third-order valence-electron chi connectivity index (χ3n) is 2.77. The Morgan fingerprint density at radius 1 is 1.32 bits per heavy atom. The molecular formula is C17H23FN2O5. The van der Waals surface area contributed by atoms with Gasteiger partial charge in [0.25, 0.3) is 0 Å². The zero-order valence-corrected chi connectivity index (χ0v) is 14.0. The number of ether oxygens (including phenoxy) is 3. The Labute approximate surface area is 157 Å². The number of benzene rings is 1. The standard InChI is InChI=1S/C17H23FN2O5/c1-17(2,3)25-16(22)19-12-9-11(15(21)23-4)10-13(14(12)18)20-5-7-24-8-6-20/h9-10H,5-8H2,1-4H3,(H,19,22)/i5D2,6D2,7D2,8D2. The summed E-state index contributed by atoms with van der Waals surface area (Å²) in [7, 11) is 0.983. The fourth-order valence-electron chi connectivity index (χ4n) is 1.82. The molecule has 2 rings (SSSR count). The van der Waals surface area contributed by atoms with Gasteiger partial charge in [0.05, 0.1) is 48.1 Å².